The van der Waals surface area contributed by atoms with E-state index in [4.69, 9.17) is 4.74 Å². The molecule has 102 valence electrons. The van der Waals surface area contributed by atoms with E-state index >= 15 is 0 Å². The van der Waals surface area contributed by atoms with Crippen molar-refractivity contribution < 1.29 is 4.74 Å². The third-order valence-electron chi connectivity index (χ3n) is 3.03. The van der Waals surface area contributed by atoms with Crippen molar-refractivity contribution in [3.05, 3.63) is 22.8 Å². The molecule has 0 aromatic carbocycles. The molecule has 0 aliphatic heterocycles. The van der Waals surface area contributed by atoms with Crippen LogP contribution in [0.5, 0.6) is 0 Å². The number of aryl methyl sites for hydroxylation is 2. The zero-order valence-corrected chi connectivity index (χ0v) is 12.0. The second-order valence-electron chi connectivity index (χ2n) is 4.49. The van der Waals surface area contributed by atoms with E-state index < -0.39 is 0 Å². The topological polar surface area (TPSA) is 47.0 Å². The summed E-state index contributed by atoms with van der Waals surface area (Å²) in [5.74, 6) is 0.891. The van der Waals surface area contributed by atoms with Gasteiger partial charge in [-0.3, -0.25) is 0 Å². The van der Waals surface area contributed by atoms with Crippen molar-refractivity contribution in [1.29, 1.82) is 0 Å². The van der Waals surface area contributed by atoms with Gasteiger partial charge in [0.05, 0.1) is 6.61 Å². The highest BCUT2D eigenvalue weighted by Gasteiger charge is 2.08. The van der Waals surface area contributed by atoms with Crippen LogP contribution in [-0.2, 0) is 17.6 Å². The number of hydrogen-bond donors (Lipinski definition) is 1. The van der Waals surface area contributed by atoms with Crippen LogP contribution < -0.4 is 5.32 Å². The number of methoxy groups -OCH3 is 1. The second-order valence-corrected chi connectivity index (χ2v) is 4.49. The maximum Gasteiger partial charge on any atom is 0.131 e. The fraction of sp³-hybridized carbons (Fsp3) is 0.714. The third kappa shape index (κ3) is 4.70. The first kappa shape index (κ1) is 15.1. The number of aromatic nitrogens is 2. The molecule has 1 aromatic heterocycles. The zero-order chi connectivity index (χ0) is 13.4. The summed E-state index contributed by atoms with van der Waals surface area (Å²) in [6.07, 6.45) is 2.97. The van der Waals surface area contributed by atoms with Gasteiger partial charge >= 0.3 is 0 Å². The smallest absolute Gasteiger partial charge is 0.131 e. The molecule has 0 radical (unpaired) electrons. The Labute approximate surface area is 110 Å². The van der Waals surface area contributed by atoms with Crippen LogP contribution in [0.3, 0.4) is 0 Å². The molecule has 0 saturated carbocycles. The van der Waals surface area contributed by atoms with Gasteiger partial charge in [0.15, 0.2) is 0 Å². The predicted molar refractivity (Wildman–Crippen MR) is 74.0 cm³/mol. The molecule has 18 heavy (non-hydrogen) atoms. The van der Waals surface area contributed by atoms with Gasteiger partial charge < -0.3 is 10.1 Å². The Balaban J connectivity index is 2.62. The maximum atomic E-state index is 5.06. The summed E-state index contributed by atoms with van der Waals surface area (Å²) in [4.78, 5) is 9.12. The van der Waals surface area contributed by atoms with Crippen molar-refractivity contribution in [2.75, 3.05) is 26.8 Å². The molecule has 0 bridgehead atoms. The van der Waals surface area contributed by atoms with Crippen molar-refractivity contribution in [3.8, 4) is 0 Å². The highest BCUT2D eigenvalue weighted by Crippen LogP contribution is 2.12. The van der Waals surface area contributed by atoms with Gasteiger partial charge in [-0.1, -0.05) is 6.92 Å². The molecule has 1 rings (SSSR count). The number of nitrogens with one attached hydrogen (secondary N) is 1. The molecule has 4 nitrogen and oxygen atoms in total. The van der Waals surface area contributed by atoms with Gasteiger partial charge in [0, 0.05) is 24.9 Å². The van der Waals surface area contributed by atoms with E-state index in [2.05, 4.69) is 36.1 Å². The quantitative estimate of drug-likeness (QED) is 0.716. The first-order chi connectivity index (χ1) is 8.69. The van der Waals surface area contributed by atoms with Crippen LogP contribution in [0, 0.1) is 13.8 Å². The third-order valence-corrected chi connectivity index (χ3v) is 3.03. The fourth-order valence-corrected chi connectivity index (χ4v) is 2.04. The molecular weight excluding hydrogens is 226 g/mol. The first-order valence-corrected chi connectivity index (χ1v) is 6.71. The molecule has 0 unspecified atom stereocenters. The highest BCUT2D eigenvalue weighted by atomic mass is 16.5. The van der Waals surface area contributed by atoms with E-state index in [1.54, 1.807) is 7.11 Å². The van der Waals surface area contributed by atoms with Crippen molar-refractivity contribution >= 4 is 0 Å². The maximum absolute atomic E-state index is 5.06. The van der Waals surface area contributed by atoms with E-state index in [1.165, 1.54) is 5.56 Å². The van der Waals surface area contributed by atoms with Crippen LogP contribution in [0.25, 0.3) is 0 Å². The van der Waals surface area contributed by atoms with E-state index in [-0.39, 0.29) is 0 Å². The molecule has 0 aliphatic rings. The minimum absolute atomic E-state index is 0.679. The average Bonchev–Trinajstić information content (AvgIpc) is 2.34. The van der Waals surface area contributed by atoms with E-state index in [9.17, 15) is 0 Å². The summed E-state index contributed by atoms with van der Waals surface area (Å²) in [7, 11) is 1.70. The van der Waals surface area contributed by atoms with Gasteiger partial charge in [0.25, 0.3) is 0 Å². The fourth-order valence-electron chi connectivity index (χ4n) is 2.04. The van der Waals surface area contributed by atoms with Gasteiger partial charge in [0.2, 0.25) is 0 Å². The average molecular weight is 251 g/mol. The lowest BCUT2D eigenvalue weighted by atomic mass is 10.1. The summed E-state index contributed by atoms with van der Waals surface area (Å²) in [6.45, 7) is 9.05. The summed E-state index contributed by atoms with van der Waals surface area (Å²) in [5.41, 5.74) is 3.53. The van der Waals surface area contributed by atoms with E-state index in [0.717, 1.165) is 49.6 Å². The Hall–Kier alpha value is -1.00. The van der Waals surface area contributed by atoms with Crippen LogP contribution in [0.15, 0.2) is 0 Å². The monoisotopic (exact) mass is 251 g/mol. The molecule has 1 heterocycles. The lowest BCUT2D eigenvalue weighted by Crippen LogP contribution is -2.15. The molecule has 0 amide bonds. The molecule has 0 spiro atoms. The minimum Gasteiger partial charge on any atom is -0.384 e. The highest BCUT2D eigenvalue weighted by molar-refractivity contribution is 5.24. The lowest BCUT2D eigenvalue weighted by Gasteiger charge is -2.11. The number of hydrogen-bond acceptors (Lipinski definition) is 4. The largest absolute Gasteiger partial charge is 0.384 e. The molecular formula is C14H25N3O. The van der Waals surface area contributed by atoms with Crippen molar-refractivity contribution in [1.82, 2.24) is 15.3 Å². The van der Waals surface area contributed by atoms with Crippen molar-refractivity contribution in [2.45, 2.75) is 40.0 Å². The van der Waals surface area contributed by atoms with E-state index in [1.807, 2.05) is 0 Å². The number of nitrogens with zero attached hydrogens (tertiary/aromatic N) is 2. The van der Waals surface area contributed by atoms with Crippen LogP contribution in [0.2, 0.25) is 0 Å². The van der Waals surface area contributed by atoms with Gasteiger partial charge in [-0.25, -0.2) is 9.97 Å². The van der Waals surface area contributed by atoms with Gasteiger partial charge in [-0.05, 0) is 45.3 Å². The van der Waals surface area contributed by atoms with Gasteiger partial charge in [-0.2, -0.15) is 0 Å². The molecule has 4 heteroatoms. The second kappa shape index (κ2) is 8.16. The molecule has 1 N–H and O–H groups in total. The van der Waals surface area contributed by atoms with Gasteiger partial charge in [-0.15, -0.1) is 0 Å². The molecule has 0 fully saturated rings. The lowest BCUT2D eigenvalue weighted by molar-refractivity contribution is 0.200. The Morgan fingerprint density at radius 2 is 1.78 bits per heavy atom. The Kier molecular flexibility index (Phi) is 6.83. The minimum atomic E-state index is 0.679. The summed E-state index contributed by atoms with van der Waals surface area (Å²) >= 11 is 0. The summed E-state index contributed by atoms with van der Waals surface area (Å²) < 4.78 is 5.06. The number of rotatable bonds is 8. The van der Waals surface area contributed by atoms with Crippen LogP contribution in [0.4, 0.5) is 0 Å². The molecule has 0 saturated heterocycles. The Morgan fingerprint density at radius 1 is 1.11 bits per heavy atom. The standard InChI is InChI=1S/C14H25N3O/c1-5-15-9-6-7-13-11(2)16-14(8-10-18-4)17-12(13)3/h15H,5-10H2,1-4H3. The van der Waals surface area contributed by atoms with Crippen LogP contribution >= 0.6 is 0 Å². The molecule has 0 atom stereocenters. The number of ether oxygens (including phenoxy) is 1. The summed E-state index contributed by atoms with van der Waals surface area (Å²) in [5, 5.41) is 3.34. The molecule has 0 aliphatic carbocycles. The van der Waals surface area contributed by atoms with Gasteiger partial charge in [0.1, 0.15) is 5.82 Å². The van der Waals surface area contributed by atoms with Crippen LogP contribution in [-0.4, -0.2) is 36.8 Å². The Morgan fingerprint density at radius 3 is 2.33 bits per heavy atom. The predicted octanol–water partition coefficient (Wildman–Crippen LogP) is 1.82. The molecule has 1 aromatic rings. The zero-order valence-electron chi connectivity index (χ0n) is 12.0. The summed E-state index contributed by atoms with van der Waals surface area (Å²) in [6, 6.07) is 0. The normalized spacial score (nSPS) is 10.9. The first-order valence-electron chi connectivity index (χ1n) is 6.71. The van der Waals surface area contributed by atoms with Crippen LogP contribution in [0.1, 0.15) is 36.1 Å². The SMILES string of the molecule is CCNCCCc1c(C)nc(CCOC)nc1C. The van der Waals surface area contributed by atoms with Crippen molar-refractivity contribution in [2.24, 2.45) is 0 Å². The van der Waals surface area contributed by atoms with E-state index in [0.29, 0.717) is 6.61 Å². The Bertz CT molecular complexity index is 343. The van der Waals surface area contributed by atoms with Crippen molar-refractivity contribution in [3.63, 3.8) is 0 Å².